The number of hydrogen-bond donors (Lipinski definition) is 1. The van der Waals surface area contributed by atoms with Gasteiger partial charge in [-0.05, 0) is 6.07 Å². The summed E-state index contributed by atoms with van der Waals surface area (Å²) in [6.45, 7) is -0.436. The molecule has 1 heterocycles. The van der Waals surface area contributed by atoms with E-state index in [1.54, 1.807) is 0 Å². The largest absolute Gasteiger partial charge is 0.392 e. The van der Waals surface area contributed by atoms with E-state index in [1.165, 1.54) is 12.3 Å². The van der Waals surface area contributed by atoms with Crippen LogP contribution in [-0.2, 0) is 6.61 Å². The summed E-state index contributed by atoms with van der Waals surface area (Å²) in [4.78, 5) is 3.47. The van der Waals surface area contributed by atoms with Crippen LogP contribution in [-0.4, -0.2) is 10.1 Å². The Balaban J connectivity index is 3.18. The number of aromatic nitrogens is 1. The fraction of sp³-hybridized carbons (Fsp3) is 0.286. The first-order valence-electron chi connectivity index (χ1n) is 3.19. The number of hydrogen-bond acceptors (Lipinski definition) is 2. The molecule has 5 heteroatoms. The van der Waals surface area contributed by atoms with Crippen molar-refractivity contribution in [1.82, 2.24) is 4.98 Å². The summed E-state index contributed by atoms with van der Waals surface area (Å²) in [7, 11) is 0. The first-order valence-corrected chi connectivity index (χ1v) is 3.98. The Morgan fingerprint density at radius 3 is 2.67 bits per heavy atom. The van der Waals surface area contributed by atoms with E-state index >= 15 is 0 Å². The highest BCUT2D eigenvalue weighted by Gasteiger charge is 2.15. The first-order chi connectivity index (χ1) is 5.66. The minimum absolute atomic E-state index is 0.146. The predicted octanol–water partition coefficient (Wildman–Crippen LogP) is 2.27. The Kier molecular flexibility index (Phi) is 3.11. The van der Waals surface area contributed by atoms with Crippen LogP contribution < -0.4 is 0 Å². The molecule has 0 radical (unpaired) electrons. The summed E-state index contributed by atoms with van der Waals surface area (Å²) in [5.74, 6) is 0. The zero-order valence-electron chi connectivity index (χ0n) is 5.97. The standard InChI is InChI=1S/C7H6BrF2NO/c8-5-1-2-11-6(7(9)10)4(5)3-12/h1-2,7,12H,3H2. The van der Waals surface area contributed by atoms with Gasteiger partial charge in [0.25, 0.3) is 6.43 Å². The van der Waals surface area contributed by atoms with E-state index in [-0.39, 0.29) is 11.3 Å². The number of pyridine rings is 1. The quantitative estimate of drug-likeness (QED) is 0.857. The average molecular weight is 238 g/mol. The van der Waals surface area contributed by atoms with Crippen molar-refractivity contribution >= 4 is 15.9 Å². The Hall–Kier alpha value is -0.550. The predicted molar refractivity (Wildman–Crippen MR) is 42.8 cm³/mol. The zero-order valence-corrected chi connectivity index (χ0v) is 7.55. The van der Waals surface area contributed by atoms with Gasteiger partial charge in [0.05, 0.1) is 6.61 Å². The van der Waals surface area contributed by atoms with Crippen LogP contribution in [0.25, 0.3) is 0 Å². The molecule has 1 aromatic rings. The van der Waals surface area contributed by atoms with Gasteiger partial charge in [-0.15, -0.1) is 0 Å². The van der Waals surface area contributed by atoms with E-state index in [0.717, 1.165) is 0 Å². The molecule has 0 aromatic carbocycles. The van der Waals surface area contributed by atoms with E-state index in [2.05, 4.69) is 20.9 Å². The van der Waals surface area contributed by atoms with Crippen LogP contribution >= 0.6 is 15.9 Å². The van der Waals surface area contributed by atoms with E-state index < -0.39 is 13.0 Å². The van der Waals surface area contributed by atoms with Gasteiger partial charge in [-0.3, -0.25) is 4.98 Å². The SMILES string of the molecule is OCc1c(Br)ccnc1C(F)F. The highest BCUT2D eigenvalue weighted by atomic mass is 79.9. The van der Waals surface area contributed by atoms with Crippen molar-refractivity contribution in [3.05, 3.63) is 28.0 Å². The van der Waals surface area contributed by atoms with Gasteiger partial charge in [0.2, 0.25) is 0 Å². The number of alkyl halides is 2. The van der Waals surface area contributed by atoms with Gasteiger partial charge < -0.3 is 5.11 Å². The first kappa shape index (κ1) is 9.54. The molecule has 0 fully saturated rings. The molecular weight excluding hydrogens is 232 g/mol. The van der Waals surface area contributed by atoms with Crippen LogP contribution in [0.1, 0.15) is 17.7 Å². The number of aliphatic hydroxyl groups is 1. The zero-order chi connectivity index (χ0) is 9.14. The summed E-state index contributed by atoms with van der Waals surface area (Å²) >= 11 is 3.04. The molecule has 0 saturated carbocycles. The van der Waals surface area contributed by atoms with Gasteiger partial charge in [0, 0.05) is 16.2 Å². The Bertz CT molecular complexity index is 280. The lowest BCUT2D eigenvalue weighted by Crippen LogP contribution is -1.98. The molecule has 0 amide bonds. The molecule has 0 unspecified atom stereocenters. The van der Waals surface area contributed by atoms with E-state index in [9.17, 15) is 8.78 Å². The van der Waals surface area contributed by atoms with Crippen LogP contribution in [0, 0.1) is 0 Å². The summed E-state index contributed by atoms with van der Waals surface area (Å²) in [6, 6.07) is 1.51. The molecule has 0 spiro atoms. The van der Waals surface area contributed by atoms with Crippen LogP contribution in [0.5, 0.6) is 0 Å². The second-order valence-corrected chi connectivity index (χ2v) is 2.97. The molecule has 0 atom stereocenters. The van der Waals surface area contributed by atoms with Crippen LogP contribution in [0.4, 0.5) is 8.78 Å². The van der Waals surface area contributed by atoms with Gasteiger partial charge in [0.1, 0.15) is 5.69 Å². The maximum Gasteiger partial charge on any atom is 0.280 e. The van der Waals surface area contributed by atoms with Crippen LogP contribution in [0.3, 0.4) is 0 Å². The third-order valence-electron chi connectivity index (χ3n) is 1.40. The summed E-state index contributed by atoms with van der Waals surface area (Å²) in [5, 5.41) is 8.74. The number of nitrogens with zero attached hydrogens (tertiary/aromatic N) is 1. The van der Waals surface area contributed by atoms with Gasteiger partial charge in [-0.25, -0.2) is 8.78 Å². The third-order valence-corrected chi connectivity index (χ3v) is 2.14. The number of rotatable bonds is 2. The molecule has 66 valence electrons. The minimum atomic E-state index is -2.65. The topological polar surface area (TPSA) is 33.1 Å². The molecule has 1 N–H and O–H groups in total. The summed E-state index contributed by atoms with van der Waals surface area (Å²) in [6.07, 6.45) is -1.38. The second kappa shape index (κ2) is 3.91. The van der Waals surface area contributed by atoms with Gasteiger partial charge in [0.15, 0.2) is 0 Å². The van der Waals surface area contributed by atoms with Gasteiger partial charge >= 0.3 is 0 Å². The molecule has 2 nitrogen and oxygen atoms in total. The molecule has 0 aliphatic heterocycles. The average Bonchev–Trinajstić information content (AvgIpc) is 2.03. The Labute approximate surface area is 76.4 Å². The molecule has 0 aliphatic carbocycles. The fourth-order valence-corrected chi connectivity index (χ4v) is 1.28. The Morgan fingerprint density at radius 1 is 1.58 bits per heavy atom. The van der Waals surface area contributed by atoms with Crippen molar-refractivity contribution in [2.45, 2.75) is 13.0 Å². The van der Waals surface area contributed by atoms with Crippen LogP contribution in [0.15, 0.2) is 16.7 Å². The highest BCUT2D eigenvalue weighted by molar-refractivity contribution is 9.10. The third kappa shape index (κ3) is 1.78. The summed E-state index contributed by atoms with van der Waals surface area (Å²) in [5.41, 5.74) is -0.223. The molecule has 0 saturated heterocycles. The minimum Gasteiger partial charge on any atom is -0.392 e. The second-order valence-electron chi connectivity index (χ2n) is 2.12. The van der Waals surface area contributed by atoms with Crippen molar-refractivity contribution in [1.29, 1.82) is 0 Å². The molecule has 1 rings (SSSR count). The Morgan fingerprint density at radius 2 is 2.25 bits per heavy atom. The molecule has 0 aliphatic rings. The van der Waals surface area contributed by atoms with E-state index in [4.69, 9.17) is 5.11 Å². The maximum atomic E-state index is 12.2. The van der Waals surface area contributed by atoms with Crippen molar-refractivity contribution in [3.8, 4) is 0 Å². The fourth-order valence-electron chi connectivity index (χ4n) is 0.828. The molecular formula is C7H6BrF2NO. The highest BCUT2D eigenvalue weighted by Crippen LogP contribution is 2.26. The maximum absolute atomic E-state index is 12.2. The molecule has 12 heavy (non-hydrogen) atoms. The lowest BCUT2D eigenvalue weighted by Gasteiger charge is -2.06. The summed E-state index contributed by atoms with van der Waals surface area (Å²) < 4.78 is 24.9. The lowest BCUT2D eigenvalue weighted by molar-refractivity contribution is 0.141. The molecule has 1 aromatic heterocycles. The van der Waals surface area contributed by atoms with Gasteiger partial charge in [-0.1, -0.05) is 15.9 Å². The van der Waals surface area contributed by atoms with Crippen molar-refractivity contribution in [3.63, 3.8) is 0 Å². The van der Waals surface area contributed by atoms with Crippen molar-refractivity contribution in [2.75, 3.05) is 0 Å². The van der Waals surface area contributed by atoms with Crippen molar-refractivity contribution < 1.29 is 13.9 Å². The number of aliphatic hydroxyl groups excluding tert-OH is 1. The lowest BCUT2D eigenvalue weighted by atomic mass is 10.2. The van der Waals surface area contributed by atoms with E-state index in [1.807, 2.05) is 0 Å². The molecule has 0 bridgehead atoms. The number of halogens is 3. The van der Waals surface area contributed by atoms with Gasteiger partial charge in [-0.2, -0.15) is 0 Å². The van der Waals surface area contributed by atoms with Crippen LogP contribution in [0.2, 0.25) is 0 Å². The monoisotopic (exact) mass is 237 g/mol. The van der Waals surface area contributed by atoms with Crippen molar-refractivity contribution in [2.24, 2.45) is 0 Å². The van der Waals surface area contributed by atoms with E-state index in [0.29, 0.717) is 4.47 Å². The normalized spacial score (nSPS) is 10.8. The smallest absolute Gasteiger partial charge is 0.280 e.